The van der Waals surface area contributed by atoms with Crippen LogP contribution in [0.4, 0.5) is 0 Å². The molecule has 2 bridgehead atoms. The molecule has 3 fully saturated rings. The molecule has 0 unspecified atom stereocenters. The summed E-state index contributed by atoms with van der Waals surface area (Å²) in [6.07, 6.45) is 10.9. The Balaban J connectivity index is 1.15. The van der Waals surface area contributed by atoms with E-state index < -0.39 is 0 Å². The van der Waals surface area contributed by atoms with Gasteiger partial charge in [0, 0.05) is 32.2 Å². The van der Waals surface area contributed by atoms with Gasteiger partial charge in [-0.15, -0.1) is 0 Å². The van der Waals surface area contributed by atoms with Gasteiger partial charge < -0.3 is 19.3 Å². The van der Waals surface area contributed by atoms with Gasteiger partial charge in [-0.2, -0.15) is 0 Å². The van der Waals surface area contributed by atoms with Crippen molar-refractivity contribution < 1.29 is 18.8 Å². The molecule has 1 amide bonds. The summed E-state index contributed by atoms with van der Waals surface area (Å²) in [6, 6.07) is 1.56. The predicted octanol–water partition coefficient (Wildman–Crippen LogP) is 1.87. The van der Waals surface area contributed by atoms with Crippen LogP contribution in [0.1, 0.15) is 36.2 Å². The van der Waals surface area contributed by atoms with Crippen LogP contribution in [0.15, 0.2) is 28.9 Å². The number of nitrogens with zero attached hydrogens (tertiary/aromatic N) is 2. The zero-order valence-corrected chi connectivity index (χ0v) is 16.2. The van der Waals surface area contributed by atoms with E-state index in [1.54, 1.807) is 6.07 Å². The van der Waals surface area contributed by atoms with Gasteiger partial charge in [-0.05, 0) is 43.4 Å². The van der Waals surface area contributed by atoms with E-state index in [2.05, 4.69) is 27.5 Å². The van der Waals surface area contributed by atoms with Crippen LogP contribution in [0.2, 0.25) is 0 Å². The second-order valence-electron chi connectivity index (χ2n) is 8.88. The van der Waals surface area contributed by atoms with Crippen LogP contribution in [-0.2, 0) is 9.47 Å². The van der Waals surface area contributed by atoms with Crippen LogP contribution in [-0.4, -0.2) is 67.1 Å². The number of nitrogens with one attached hydrogen (secondary N) is 1. The molecule has 4 aliphatic rings. The summed E-state index contributed by atoms with van der Waals surface area (Å²) in [5.74, 6) is 2.35. The Labute approximate surface area is 165 Å². The number of rotatable bonds is 5. The molecule has 1 saturated carbocycles. The molecule has 0 radical (unpaired) electrons. The van der Waals surface area contributed by atoms with Crippen molar-refractivity contribution >= 4 is 5.91 Å². The first-order chi connectivity index (χ1) is 13.7. The predicted molar refractivity (Wildman–Crippen MR) is 102 cm³/mol. The molecule has 2 saturated heterocycles. The quantitative estimate of drug-likeness (QED) is 0.778. The van der Waals surface area contributed by atoms with Crippen LogP contribution in [0.5, 0.6) is 0 Å². The maximum absolute atomic E-state index is 12.1. The lowest BCUT2D eigenvalue weighted by atomic mass is 9.92. The standard InChI is InChI=1S/C21H29N3O4/c25-20(19-4-6-23-28-19)22-11-18-3-5-21(27-18)13-24(7-8-26-14-21)12-17-10-15-1-2-16(17)9-15/h1-2,4,6,15-18H,3,5,7-14H2,(H,22,25)/t15-,16+,17-,18-,21+/m0/s1. The summed E-state index contributed by atoms with van der Waals surface area (Å²) in [4.78, 5) is 14.6. The highest BCUT2D eigenvalue weighted by atomic mass is 16.6. The van der Waals surface area contributed by atoms with Gasteiger partial charge in [-0.1, -0.05) is 17.3 Å². The molecule has 2 aliphatic carbocycles. The first-order valence-electron chi connectivity index (χ1n) is 10.5. The van der Waals surface area contributed by atoms with Gasteiger partial charge in [-0.25, -0.2) is 0 Å². The molecule has 1 aromatic rings. The molecule has 1 spiro atoms. The van der Waals surface area contributed by atoms with Crippen molar-refractivity contribution in [1.82, 2.24) is 15.4 Å². The van der Waals surface area contributed by atoms with Gasteiger partial charge in [-0.3, -0.25) is 9.69 Å². The summed E-state index contributed by atoms with van der Waals surface area (Å²) < 4.78 is 17.3. The van der Waals surface area contributed by atoms with E-state index in [-0.39, 0.29) is 23.4 Å². The van der Waals surface area contributed by atoms with Gasteiger partial charge in [0.2, 0.25) is 5.76 Å². The van der Waals surface area contributed by atoms with E-state index in [9.17, 15) is 4.79 Å². The Hall–Kier alpha value is -1.70. The molecular weight excluding hydrogens is 358 g/mol. The third-order valence-electron chi connectivity index (χ3n) is 6.83. The monoisotopic (exact) mass is 387 g/mol. The summed E-state index contributed by atoms with van der Waals surface area (Å²) >= 11 is 0. The molecule has 5 atom stereocenters. The number of fused-ring (bicyclic) bond motifs is 2. The molecule has 1 N–H and O–H groups in total. The first kappa shape index (κ1) is 18.3. The highest BCUT2D eigenvalue weighted by molar-refractivity contribution is 5.91. The SMILES string of the molecule is O=C(NC[C@@H]1CC[C@@]2(COCCN(C[C@@H]3C[C@H]4C=C[C@@H]3C4)C2)O1)c1ccno1. The maximum Gasteiger partial charge on any atom is 0.289 e. The molecule has 5 rings (SSSR count). The number of amides is 1. The largest absolute Gasteiger partial charge is 0.377 e. The number of hydrogen-bond acceptors (Lipinski definition) is 6. The number of carbonyl (C=O) groups excluding carboxylic acids is 1. The number of aromatic nitrogens is 1. The van der Waals surface area contributed by atoms with Crippen molar-refractivity contribution in [3.05, 3.63) is 30.2 Å². The van der Waals surface area contributed by atoms with Crippen molar-refractivity contribution in [3.63, 3.8) is 0 Å². The Morgan fingerprint density at radius 3 is 3.11 bits per heavy atom. The van der Waals surface area contributed by atoms with Crippen molar-refractivity contribution in [2.45, 2.75) is 37.4 Å². The van der Waals surface area contributed by atoms with Crippen LogP contribution >= 0.6 is 0 Å². The average Bonchev–Trinajstić information content (AvgIpc) is 3.46. The molecule has 152 valence electrons. The van der Waals surface area contributed by atoms with Crippen LogP contribution in [0.25, 0.3) is 0 Å². The average molecular weight is 387 g/mol. The minimum atomic E-state index is -0.245. The van der Waals surface area contributed by atoms with E-state index in [4.69, 9.17) is 14.0 Å². The van der Waals surface area contributed by atoms with Gasteiger partial charge in [0.1, 0.15) is 5.60 Å². The lowest BCUT2D eigenvalue weighted by molar-refractivity contribution is -0.0852. The third-order valence-corrected chi connectivity index (χ3v) is 6.83. The van der Waals surface area contributed by atoms with Gasteiger partial charge in [0.25, 0.3) is 5.91 Å². The van der Waals surface area contributed by atoms with E-state index >= 15 is 0 Å². The van der Waals surface area contributed by atoms with Crippen molar-refractivity contribution in [2.24, 2.45) is 17.8 Å². The van der Waals surface area contributed by atoms with Gasteiger partial charge >= 0.3 is 0 Å². The van der Waals surface area contributed by atoms with Gasteiger partial charge in [0.05, 0.1) is 25.5 Å². The van der Waals surface area contributed by atoms with Crippen LogP contribution in [0.3, 0.4) is 0 Å². The van der Waals surface area contributed by atoms with Crippen molar-refractivity contribution in [3.8, 4) is 0 Å². The fourth-order valence-corrected chi connectivity index (χ4v) is 5.46. The van der Waals surface area contributed by atoms with E-state index in [1.165, 1.54) is 19.0 Å². The summed E-state index contributed by atoms with van der Waals surface area (Å²) in [7, 11) is 0. The maximum atomic E-state index is 12.1. The zero-order chi connectivity index (χ0) is 19.0. The summed E-state index contributed by atoms with van der Waals surface area (Å²) in [5, 5.41) is 6.47. The molecule has 7 heteroatoms. The summed E-state index contributed by atoms with van der Waals surface area (Å²) in [6.45, 7) is 4.96. The minimum Gasteiger partial charge on any atom is -0.377 e. The molecule has 28 heavy (non-hydrogen) atoms. The van der Waals surface area contributed by atoms with Gasteiger partial charge in [0.15, 0.2) is 0 Å². The smallest absolute Gasteiger partial charge is 0.289 e. The number of hydrogen-bond donors (Lipinski definition) is 1. The lowest BCUT2D eigenvalue weighted by Crippen LogP contribution is -2.46. The van der Waals surface area contributed by atoms with E-state index in [1.807, 2.05) is 0 Å². The normalized spacial score (nSPS) is 37.6. The second kappa shape index (κ2) is 7.61. The second-order valence-corrected chi connectivity index (χ2v) is 8.88. The topological polar surface area (TPSA) is 76.8 Å². The lowest BCUT2D eigenvalue weighted by Gasteiger charge is -2.34. The zero-order valence-electron chi connectivity index (χ0n) is 16.2. The highest BCUT2D eigenvalue weighted by Crippen LogP contribution is 2.44. The van der Waals surface area contributed by atoms with Crippen molar-refractivity contribution in [2.75, 3.05) is 39.4 Å². The van der Waals surface area contributed by atoms with E-state index in [0.29, 0.717) is 13.2 Å². The fourth-order valence-electron chi connectivity index (χ4n) is 5.46. The number of allylic oxidation sites excluding steroid dienone is 2. The molecule has 1 aromatic heterocycles. The van der Waals surface area contributed by atoms with Crippen LogP contribution in [0, 0.1) is 17.8 Å². The number of carbonyl (C=O) groups is 1. The van der Waals surface area contributed by atoms with Crippen molar-refractivity contribution in [1.29, 1.82) is 0 Å². The first-order valence-corrected chi connectivity index (χ1v) is 10.5. The van der Waals surface area contributed by atoms with Crippen LogP contribution < -0.4 is 5.32 Å². The summed E-state index contributed by atoms with van der Waals surface area (Å²) in [5.41, 5.74) is -0.244. The molecule has 0 aromatic carbocycles. The Bertz CT molecular complexity index is 721. The highest BCUT2D eigenvalue weighted by Gasteiger charge is 2.44. The molecular formula is C21H29N3O4. The number of ether oxygens (including phenoxy) is 2. The molecule has 2 aliphatic heterocycles. The molecule has 3 heterocycles. The Kier molecular flexibility index (Phi) is 4.99. The molecule has 7 nitrogen and oxygen atoms in total. The Morgan fingerprint density at radius 1 is 1.36 bits per heavy atom. The Morgan fingerprint density at radius 2 is 2.32 bits per heavy atom. The fraction of sp³-hybridized carbons (Fsp3) is 0.714. The minimum absolute atomic E-state index is 0.0147. The third kappa shape index (κ3) is 3.75. The van der Waals surface area contributed by atoms with E-state index in [0.717, 1.165) is 56.8 Å².